The second-order valence-electron chi connectivity index (χ2n) is 6.52. The van der Waals surface area contributed by atoms with E-state index in [1.807, 2.05) is 0 Å². The van der Waals surface area contributed by atoms with Gasteiger partial charge in [0.1, 0.15) is 20.2 Å². The van der Waals surface area contributed by atoms with Gasteiger partial charge in [-0.2, -0.15) is 0 Å². The van der Waals surface area contributed by atoms with Crippen molar-refractivity contribution in [3.8, 4) is 0 Å². The second kappa shape index (κ2) is 25.1. The molecule has 0 bridgehead atoms. The maximum absolute atomic E-state index is 5.74. The standard InChI is InChI=1S/C14H42O5Si6/c1-2-3-4-5-6-7-8-9-10-11-12-13-14-21-16-23-18-25-19-24-17-22-15-20/h2-14,21-25H2,1,20H3. The van der Waals surface area contributed by atoms with Gasteiger partial charge >= 0.3 is 0 Å². The minimum atomic E-state index is -0.808. The first-order valence-electron chi connectivity index (χ1n) is 10.2. The molecule has 0 spiro atoms. The molecule has 0 unspecified atom stereocenters. The molecule has 25 heavy (non-hydrogen) atoms. The summed E-state index contributed by atoms with van der Waals surface area (Å²) in [6, 6.07) is 1.32. The predicted octanol–water partition coefficient (Wildman–Crippen LogP) is -0.452. The molecular formula is C14H42O5Si6. The molecule has 0 N–H and O–H groups in total. The van der Waals surface area contributed by atoms with Crippen LogP contribution in [0.5, 0.6) is 0 Å². The van der Waals surface area contributed by atoms with Crippen molar-refractivity contribution in [3.63, 3.8) is 0 Å². The van der Waals surface area contributed by atoms with Crippen molar-refractivity contribution in [2.75, 3.05) is 0 Å². The number of rotatable bonds is 22. The zero-order chi connectivity index (χ0) is 18.3. The molecule has 0 atom stereocenters. The van der Waals surface area contributed by atoms with Crippen LogP contribution in [-0.4, -0.2) is 60.3 Å². The highest BCUT2D eigenvalue weighted by Gasteiger charge is 1.96. The van der Waals surface area contributed by atoms with Crippen molar-refractivity contribution in [1.29, 1.82) is 0 Å². The monoisotopic (exact) mass is 458 g/mol. The van der Waals surface area contributed by atoms with E-state index in [9.17, 15) is 0 Å². The lowest BCUT2D eigenvalue weighted by Gasteiger charge is -2.07. The zero-order valence-corrected chi connectivity index (χ0v) is 25.8. The summed E-state index contributed by atoms with van der Waals surface area (Å²) in [5.74, 6) is 0. The van der Waals surface area contributed by atoms with Gasteiger partial charge in [0.05, 0.1) is 0 Å². The van der Waals surface area contributed by atoms with Gasteiger partial charge in [-0.15, -0.1) is 0 Å². The predicted molar refractivity (Wildman–Crippen MR) is 124 cm³/mol. The lowest BCUT2D eigenvalue weighted by Crippen LogP contribution is -2.17. The molecule has 0 amide bonds. The molecule has 0 aromatic carbocycles. The molecule has 152 valence electrons. The van der Waals surface area contributed by atoms with E-state index in [2.05, 4.69) is 6.92 Å². The molecular weight excluding hydrogens is 417 g/mol. The third-order valence-corrected chi connectivity index (χ3v) is 11.6. The van der Waals surface area contributed by atoms with Crippen LogP contribution in [0.25, 0.3) is 0 Å². The van der Waals surface area contributed by atoms with Gasteiger partial charge in [-0.1, -0.05) is 84.0 Å². The summed E-state index contributed by atoms with van der Waals surface area (Å²) in [5, 5.41) is 0. The Morgan fingerprint density at radius 3 is 1.52 bits per heavy atom. The van der Waals surface area contributed by atoms with Gasteiger partial charge in [-0.25, -0.2) is 0 Å². The second-order valence-corrected chi connectivity index (χ2v) is 17.4. The van der Waals surface area contributed by atoms with Gasteiger partial charge in [-0.3, -0.25) is 0 Å². The third-order valence-electron chi connectivity index (χ3n) is 4.09. The van der Waals surface area contributed by atoms with E-state index in [0.717, 1.165) is 10.5 Å². The molecule has 0 rings (SSSR count). The van der Waals surface area contributed by atoms with E-state index >= 15 is 0 Å². The van der Waals surface area contributed by atoms with Gasteiger partial charge in [0, 0.05) is 0 Å². The SMILES string of the molecule is CCCCCCCCCCCCCC[SiH2]O[SiH2]O[SiH2]O[SiH2]O[SiH2]O[SiH3]. The maximum Gasteiger partial charge on any atom is 0.286 e. The largest absolute Gasteiger partial charge is 0.449 e. The third kappa shape index (κ3) is 25.1. The Labute approximate surface area is 170 Å². The van der Waals surface area contributed by atoms with Gasteiger partial charge < -0.3 is 20.6 Å². The highest BCUT2D eigenvalue weighted by Crippen LogP contribution is 2.12. The van der Waals surface area contributed by atoms with E-state index in [1.165, 1.54) is 83.1 Å². The Hall–Kier alpha value is 1.10. The van der Waals surface area contributed by atoms with Crippen LogP contribution >= 0.6 is 0 Å². The molecule has 0 aromatic rings. The van der Waals surface area contributed by atoms with Crippen LogP contribution in [0.2, 0.25) is 6.04 Å². The summed E-state index contributed by atoms with van der Waals surface area (Å²) in [6.07, 6.45) is 17.1. The first-order chi connectivity index (χ1) is 12.4. The molecule has 0 heterocycles. The number of hydrogen-bond acceptors (Lipinski definition) is 5. The Kier molecular flexibility index (Phi) is 26.2. The lowest BCUT2D eigenvalue weighted by atomic mass is 10.1. The molecule has 0 aromatic heterocycles. The Morgan fingerprint density at radius 1 is 0.560 bits per heavy atom. The van der Waals surface area contributed by atoms with E-state index in [4.69, 9.17) is 20.6 Å². The molecule has 0 saturated heterocycles. The van der Waals surface area contributed by atoms with Crippen LogP contribution in [0, 0.1) is 0 Å². The summed E-state index contributed by atoms with van der Waals surface area (Å²) >= 11 is 0. The molecule has 0 saturated carbocycles. The van der Waals surface area contributed by atoms with Crippen molar-refractivity contribution >= 4 is 60.3 Å². The molecule has 0 radical (unpaired) electrons. The number of hydrogen-bond donors (Lipinski definition) is 0. The maximum atomic E-state index is 5.74. The molecule has 0 aliphatic rings. The van der Waals surface area contributed by atoms with Gasteiger partial charge in [-0.05, 0) is 6.04 Å². The van der Waals surface area contributed by atoms with E-state index < -0.39 is 40.0 Å². The highest BCUT2D eigenvalue weighted by molar-refractivity contribution is 6.47. The van der Waals surface area contributed by atoms with Crippen LogP contribution in [0.3, 0.4) is 0 Å². The van der Waals surface area contributed by atoms with E-state index in [0.29, 0.717) is 0 Å². The fourth-order valence-electron chi connectivity index (χ4n) is 2.64. The molecule has 0 aliphatic heterocycles. The summed E-state index contributed by atoms with van der Waals surface area (Å²) in [5.41, 5.74) is 0. The summed E-state index contributed by atoms with van der Waals surface area (Å²) < 4.78 is 27.1. The summed E-state index contributed by atoms with van der Waals surface area (Å²) in [7, 11) is -2.57. The molecule has 0 fully saturated rings. The van der Waals surface area contributed by atoms with Crippen molar-refractivity contribution in [2.24, 2.45) is 0 Å². The Bertz CT molecular complexity index is 222. The molecule has 0 aliphatic carbocycles. The van der Waals surface area contributed by atoms with E-state index in [1.54, 1.807) is 0 Å². The molecule has 5 nitrogen and oxygen atoms in total. The Balaban J connectivity index is 2.94. The smallest absolute Gasteiger partial charge is 0.286 e. The number of unbranched alkanes of at least 4 members (excludes halogenated alkanes) is 11. The van der Waals surface area contributed by atoms with Crippen LogP contribution in [0.1, 0.15) is 84.0 Å². The summed E-state index contributed by atoms with van der Waals surface area (Å²) in [6.45, 7) is 2.28. The van der Waals surface area contributed by atoms with Crippen molar-refractivity contribution < 1.29 is 20.6 Å². The van der Waals surface area contributed by atoms with Crippen LogP contribution in [-0.2, 0) is 20.6 Å². The minimum Gasteiger partial charge on any atom is -0.449 e. The van der Waals surface area contributed by atoms with Gasteiger partial charge in [0.2, 0.25) is 0 Å². The fourth-order valence-corrected chi connectivity index (χ4v) is 12.1. The highest BCUT2D eigenvalue weighted by atomic mass is 28.4. The average molecular weight is 459 g/mol. The minimum absolute atomic E-state index is 0.319. The first-order valence-corrected chi connectivity index (χ1v) is 17.2. The van der Waals surface area contributed by atoms with Crippen molar-refractivity contribution in [3.05, 3.63) is 0 Å². The quantitative estimate of drug-likeness (QED) is 0.162. The Morgan fingerprint density at radius 2 is 1.00 bits per heavy atom. The fraction of sp³-hybridized carbons (Fsp3) is 1.00. The van der Waals surface area contributed by atoms with Crippen molar-refractivity contribution in [2.45, 2.75) is 90.0 Å². The first kappa shape index (κ1) is 26.1. The average Bonchev–Trinajstić information content (AvgIpc) is 2.63. The molecule has 11 heteroatoms. The van der Waals surface area contributed by atoms with Crippen LogP contribution in [0.4, 0.5) is 0 Å². The van der Waals surface area contributed by atoms with Crippen LogP contribution < -0.4 is 0 Å². The summed E-state index contributed by atoms with van der Waals surface area (Å²) in [4.78, 5) is 0. The van der Waals surface area contributed by atoms with Crippen molar-refractivity contribution in [1.82, 2.24) is 0 Å². The van der Waals surface area contributed by atoms with Gasteiger partial charge in [0.15, 0.2) is 0 Å². The van der Waals surface area contributed by atoms with Crippen LogP contribution in [0.15, 0.2) is 0 Å². The van der Waals surface area contributed by atoms with Gasteiger partial charge in [0.25, 0.3) is 40.0 Å². The van der Waals surface area contributed by atoms with E-state index in [-0.39, 0.29) is 9.76 Å². The lowest BCUT2D eigenvalue weighted by molar-refractivity contribution is 0.389. The normalized spacial score (nSPS) is 13.8. The zero-order valence-electron chi connectivity index (χ0n) is 16.8. The topological polar surface area (TPSA) is 46.2 Å².